The lowest BCUT2D eigenvalue weighted by atomic mass is 10.2. The van der Waals surface area contributed by atoms with Gasteiger partial charge in [0, 0.05) is 17.3 Å². The second kappa shape index (κ2) is 8.22. The molecule has 0 radical (unpaired) electrons. The molecule has 0 aliphatic rings. The molecule has 0 heterocycles. The van der Waals surface area contributed by atoms with Gasteiger partial charge in [0.2, 0.25) is 0 Å². The van der Waals surface area contributed by atoms with Crippen LogP contribution in [0.1, 0.15) is 12.5 Å². The maximum absolute atomic E-state index is 11.6. The van der Waals surface area contributed by atoms with Crippen LogP contribution in [0, 0.1) is 0 Å². The average molecular weight is 346 g/mol. The number of rotatable bonds is 6. The second-order valence-electron chi connectivity index (χ2n) is 3.86. The Bertz CT molecular complexity index is 436. The van der Waals surface area contributed by atoms with Crippen LogP contribution in [0.15, 0.2) is 28.7 Å². The van der Waals surface area contributed by atoms with Crippen molar-refractivity contribution >= 4 is 39.6 Å². The fourth-order valence-electron chi connectivity index (χ4n) is 1.20. The Morgan fingerprint density at radius 2 is 2.00 bits per heavy atom. The first-order valence-electron chi connectivity index (χ1n) is 5.76. The Kier molecular flexibility index (Phi) is 6.94. The lowest BCUT2D eigenvalue weighted by Gasteiger charge is -2.10. The molecule has 1 atom stereocenters. The van der Waals surface area contributed by atoms with Gasteiger partial charge in [0.05, 0.1) is 5.25 Å². The smallest absolute Gasteiger partial charge is 0.319 e. The van der Waals surface area contributed by atoms with Crippen molar-refractivity contribution in [2.45, 2.75) is 17.9 Å². The zero-order valence-electron chi connectivity index (χ0n) is 10.8. The molecule has 104 valence electrons. The van der Waals surface area contributed by atoms with E-state index in [4.69, 9.17) is 4.74 Å². The molecule has 0 aromatic heterocycles. The second-order valence-corrected chi connectivity index (χ2v) is 6.11. The highest BCUT2D eigenvalue weighted by Gasteiger charge is 2.16. The lowest BCUT2D eigenvalue weighted by molar-refractivity contribution is -0.147. The average Bonchev–Trinajstić information content (AvgIpc) is 2.43. The molecule has 0 unspecified atom stereocenters. The van der Waals surface area contributed by atoms with Gasteiger partial charge in [-0.05, 0) is 24.6 Å². The zero-order chi connectivity index (χ0) is 14.3. The molecule has 0 spiro atoms. The van der Waals surface area contributed by atoms with E-state index in [2.05, 4.69) is 21.2 Å². The molecule has 0 fully saturated rings. The Balaban J connectivity index is 2.34. The molecule has 1 N–H and O–H groups in total. The molecule has 19 heavy (non-hydrogen) atoms. The molecule has 0 bridgehead atoms. The third-order valence-corrected chi connectivity index (χ3v) is 4.09. The van der Waals surface area contributed by atoms with Crippen LogP contribution in [0.25, 0.3) is 0 Å². The van der Waals surface area contributed by atoms with Gasteiger partial charge in [0.25, 0.3) is 5.91 Å². The Labute approximate surface area is 125 Å². The molecule has 1 rings (SSSR count). The number of hydrogen-bond acceptors (Lipinski definition) is 4. The summed E-state index contributed by atoms with van der Waals surface area (Å²) in [5.41, 5.74) is 1.14. The summed E-state index contributed by atoms with van der Waals surface area (Å²) in [7, 11) is 1.50. The highest BCUT2D eigenvalue weighted by atomic mass is 79.9. The summed E-state index contributed by atoms with van der Waals surface area (Å²) in [5, 5.41) is 2.10. The van der Waals surface area contributed by atoms with Crippen LogP contribution < -0.4 is 5.32 Å². The van der Waals surface area contributed by atoms with E-state index in [9.17, 15) is 9.59 Å². The normalized spacial score (nSPS) is 11.7. The van der Waals surface area contributed by atoms with Crippen LogP contribution in [0.5, 0.6) is 0 Å². The van der Waals surface area contributed by atoms with Crippen molar-refractivity contribution in [2.75, 3.05) is 13.7 Å². The molecule has 0 aliphatic carbocycles. The summed E-state index contributed by atoms with van der Waals surface area (Å²) in [6, 6.07) is 7.92. The molecular weight excluding hydrogens is 330 g/mol. The van der Waals surface area contributed by atoms with Gasteiger partial charge in [-0.2, -0.15) is 0 Å². The molecule has 6 heteroatoms. The van der Waals surface area contributed by atoms with Crippen LogP contribution in [0.2, 0.25) is 0 Å². The first-order valence-corrected chi connectivity index (χ1v) is 7.60. The van der Waals surface area contributed by atoms with Crippen molar-refractivity contribution in [3.05, 3.63) is 34.3 Å². The number of carbonyl (C=O) groups is 2. The van der Waals surface area contributed by atoms with E-state index in [0.29, 0.717) is 0 Å². The van der Waals surface area contributed by atoms with E-state index >= 15 is 0 Å². The van der Waals surface area contributed by atoms with Crippen molar-refractivity contribution in [1.82, 2.24) is 5.32 Å². The van der Waals surface area contributed by atoms with E-state index in [1.807, 2.05) is 24.3 Å². The van der Waals surface area contributed by atoms with Gasteiger partial charge < -0.3 is 10.1 Å². The van der Waals surface area contributed by atoms with Crippen molar-refractivity contribution in [1.29, 1.82) is 0 Å². The molecule has 1 aromatic rings. The number of ether oxygens (including phenoxy) is 1. The van der Waals surface area contributed by atoms with Crippen LogP contribution in [-0.2, 0) is 20.1 Å². The summed E-state index contributed by atoms with van der Waals surface area (Å²) < 4.78 is 5.91. The lowest BCUT2D eigenvalue weighted by Crippen LogP contribution is -2.27. The standard InChI is InChI=1S/C13H16BrNO3S/c1-9(13(17)18-7-12(16)15-2)19-8-10-3-5-11(14)6-4-10/h3-6,9H,7-8H2,1-2H3,(H,15,16)/t9-/m0/s1. The van der Waals surface area contributed by atoms with E-state index in [-0.39, 0.29) is 23.7 Å². The summed E-state index contributed by atoms with van der Waals surface area (Å²) in [6.45, 7) is 1.55. The fraction of sp³-hybridized carbons (Fsp3) is 0.385. The van der Waals surface area contributed by atoms with Crippen LogP contribution in [0.4, 0.5) is 0 Å². The third-order valence-electron chi connectivity index (χ3n) is 2.37. The maximum atomic E-state index is 11.6. The van der Waals surface area contributed by atoms with E-state index in [1.54, 1.807) is 6.92 Å². The van der Waals surface area contributed by atoms with Gasteiger partial charge in [-0.1, -0.05) is 28.1 Å². The van der Waals surface area contributed by atoms with Crippen molar-refractivity contribution < 1.29 is 14.3 Å². The minimum Gasteiger partial charge on any atom is -0.455 e. The number of benzene rings is 1. The Hall–Kier alpha value is -1.01. The molecular formula is C13H16BrNO3S. The van der Waals surface area contributed by atoms with E-state index in [0.717, 1.165) is 15.8 Å². The predicted octanol–water partition coefficient (Wildman–Crippen LogP) is 2.36. The van der Waals surface area contributed by atoms with Crippen molar-refractivity contribution in [3.8, 4) is 0 Å². The third kappa shape index (κ3) is 6.11. The van der Waals surface area contributed by atoms with Gasteiger partial charge >= 0.3 is 5.97 Å². The molecule has 1 amide bonds. The minimum absolute atomic E-state index is 0.224. The summed E-state index contributed by atoms with van der Waals surface area (Å²) >= 11 is 4.85. The fourth-order valence-corrected chi connectivity index (χ4v) is 2.30. The van der Waals surface area contributed by atoms with Crippen molar-refractivity contribution in [3.63, 3.8) is 0 Å². The first kappa shape index (κ1) is 16.0. The largest absolute Gasteiger partial charge is 0.455 e. The number of nitrogens with one attached hydrogen (secondary N) is 1. The highest BCUT2D eigenvalue weighted by molar-refractivity contribution is 9.10. The molecule has 1 aromatic carbocycles. The Morgan fingerprint density at radius 3 is 2.58 bits per heavy atom. The number of amides is 1. The van der Waals surface area contributed by atoms with Crippen LogP contribution in [0.3, 0.4) is 0 Å². The minimum atomic E-state index is -0.370. The zero-order valence-corrected chi connectivity index (χ0v) is 13.2. The van der Waals surface area contributed by atoms with E-state index < -0.39 is 0 Å². The monoisotopic (exact) mass is 345 g/mol. The molecule has 0 saturated heterocycles. The van der Waals surface area contributed by atoms with Gasteiger partial charge in [-0.3, -0.25) is 9.59 Å². The van der Waals surface area contributed by atoms with Gasteiger partial charge in [-0.15, -0.1) is 11.8 Å². The van der Waals surface area contributed by atoms with E-state index in [1.165, 1.54) is 18.8 Å². The quantitative estimate of drug-likeness (QED) is 0.804. The number of likely N-dealkylation sites (N-methyl/N-ethyl adjacent to an activating group) is 1. The van der Waals surface area contributed by atoms with Gasteiger partial charge in [-0.25, -0.2) is 0 Å². The van der Waals surface area contributed by atoms with Gasteiger partial charge in [0.15, 0.2) is 6.61 Å². The molecule has 0 saturated carbocycles. The number of halogens is 1. The summed E-state index contributed by atoms with van der Waals surface area (Å²) in [6.07, 6.45) is 0. The topological polar surface area (TPSA) is 55.4 Å². The number of esters is 1. The molecule has 4 nitrogen and oxygen atoms in total. The Morgan fingerprint density at radius 1 is 1.37 bits per heavy atom. The number of hydrogen-bond donors (Lipinski definition) is 1. The number of carbonyl (C=O) groups excluding carboxylic acids is 2. The predicted molar refractivity (Wildman–Crippen MR) is 79.9 cm³/mol. The first-order chi connectivity index (χ1) is 9.02. The number of thioether (sulfide) groups is 1. The van der Waals surface area contributed by atoms with Crippen molar-refractivity contribution in [2.24, 2.45) is 0 Å². The van der Waals surface area contributed by atoms with Gasteiger partial charge in [0.1, 0.15) is 0 Å². The summed E-state index contributed by atoms with van der Waals surface area (Å²) in [5.74, 6) is 0.0490. The maximum Gasteiger partial charge on any atom is 0.319 e. The summed E-state index contributed by atoms with van der Waals surface area (Å²) in [4.78, 5) is 22.6. The SMILES string of the molecule is CNC(=O)COC(=O)[C@H](C)SCc1ccc(Br)cc1. The van der Waals surface area contributed by atoms with Crippen LogP contribution in [-0.4, -0.2) is 30.8 Å². The van der Waals surface area contributed by atoms with Crippen LogP contribution >= 0.6 is 27.7 Å². The molecule has 0 aliphatic heterocycles. The highest BCUT2D eigenvalue weighted by Crippen LogP contribution is 2.20.